The molecule has 0 saturated carbocycles. The summed E-state index contributed by atoms with van der Waals surface area (Å²) < 4.78 is 0. The van der Waals surface area contributed by atoms with Crippen molar-refractivity contribution in [3.05, 3.63) is 0 Å². The molecule has 0 aliphatic carbocycles. The Balaban J connectivity index is -0.000000227. The molecule has 0 aromatic rings. The first-order chi connectivity index (χ1) is 28.5. The van der Waals surface area contributed by atoms with Crippen molar-refractivity contribution in [3.63, 3.8) is 0 Å². The Hall–Kier alpha value is -2.64. The van der Waals surface area contributed by atoms with Gasteiger partial charge in [-0.3, -0.25) is 19.2 Å². The third-order valence-corrected chi connectivity index (χ3v) is 10.3. The molecule has 0 aromatic carbocycles. The smallest absolute Gasteiger partial charge is 0.550 e. The van der Waals surface area contributed by atoms with Gasteiger partial charge in [-0.15, -0.1) is 0 Å². The normalized spacial score (nSPS) is 10.4. The van der Waals surface area contributed by atoms with Crippen molar-refractivity contribution in [3.8, 4) is 0 Å². The van der Waals surface area contributed by atoms with Gasteiger partial charge in [0.05, 0.1) is 0 Å². The quantitative estimate of drug-likeness (QED) is 0.0492. The second-order valence-corrected chi connectivity index (χ2v) is 16.0. The molecule has 0 bridgehead atoms. The summed E-state index contributed by atoms with van der Waals surface area (Å²) in [4.78, 5) is 87.5. The van der Waals surface area contributed by atoms with E-state index in [1.54, 1.807) is 0 Å². The molecule has 13 heteroatoms. The number of carbonyl (C=O) groups is 8. The Bertz CT molecular complexity index is 948. The van der Waals surface area contributed by atoms with Gasteiger partial charge in [-0.25, -0.2) is 0 Å². The second kappa shape index (κ2) is 48.4. The van der Waals surface area contributed by atoms with E-state index in [1.165, 1.54) is 0 Å². The van der Waals surface area contributed by atoms with Crippen molar-refractivity contribution in [2.45, 2.75) is 235 Å². The van der Waals surface area contributed by atoms with Crippen molar-refractivity contribution in [2.24, 2.45) is 23.7 Å². The van der Waals surface area contributed by atoms with E-state index >= 15 is 0 Å². The van der Waals surface area contributed by atoms with Crippen LogP contribution < -0.4 is 20.4 Å². The topological polar surface area (TPSA) is 229 Å². The predicted octanol–water partition coefficient (Wildman–Crippen LogP) is 6.39. The maximum atomic E-state index is 11.5. The molecule has 61 heavy (non-hydrogen) atoms. The zero-order chi connectivity index (χ0) is 46.7. The van der Waals surface area contributed by atoms with Gasteiger partial charge in [-0.2, -0.15) is 0 Å². The van der Waals surface area contributed by atoms with Crippen molar-refractivity contribution in [1.29, 1.82) is 0 Å². The van der Waals surface area contributed by atoms with E-state index in [4.69, 9.17) is 0 Å². The fourth-order valence-corrected chi connectivity index (χ4v) is 6.62. The van der Waals surface area contributed by atoms with Gasteiger partial charge < -0.3 is 39.6 Å². The first-order valence-electron chi connectivity index (χ1n) is 23.4. The SMILES string of the molecule is CCCCC(CCCC)C(=O)CC(=O)[O-].CCCCC(CCCC)C(=O)CC(=O)[O-].CCCCC(CCCC)C(=O)CC(=O)[O-].CCCCC(CCCC)C(=O)CC(=O)[O-].[Sn+4]. The minimum Gasteiger partial charge on any atom is -0.550 e. The van der Waals surface area contributed by atoms with Crippen LogP contribution in [0.1, 0.15) is 235 Å². The molecular weight excluding hydrogens is 887 g/mol. The zero-order valence-corrected chi connectivity index (χ0v) is 42.4. The van der Waals surface area contributed by atoms with Gasteiger partial charge in [0.1, 0.15) is 23.1 Å². The number of hydrogen-bond acceptors (Lipinski definition) is 12. The average Bonchev–Trinajstić information content (AvgIpc) is 3.17. The van der Waals surface area contributed by atoms with E-state index in [2.05, 4.69) is 55.4 Å². The maximum absolute atomic E-state index is 11.5. The number of rotatable bonds is 36. The van der Waals surface area contributed by atoms with Gasteiger partial charge in [0.15, 0.2) is 0 Å². The van der Waals surface area contributed by atoms with Gasteiger partial charge in [-0.05, 0) is 51.4 Å². The summed E-state index contributed by atoms with van der Waals surface area (Å²) in [6.07, 6.45) is 21.2. The van der Waals surface area contributed by atoms with Crippen LogP contribution in [0.2, 0.25) is 0 Å². The van der Waals surface area contributed by atoms with E-state index < -0.39 is 49.6 Å². The van der Waals surface area contributed by atoms with Crippen LogP contribution in [0.15, 0.2) is 0 Å². The van der Waals surface area contributed by atoms with Crippen LogP contribution in [-0.4, -0.2) is 70.9 Å². The largest absolute Gasteiger partial charge is 4.00 e. The summed E-state index contributed by atoms with van der Waals surface area (Å²) in [5, 5.41) is 41.3. The molecule has 0 spiro atoms. The number of carboxylic acids is 4. The Morgan fingerprint density at radius 1 is 0.279 bits per heavy atom. The molecular formula is C48H84O12Sn. The number of hydrogen-bond donors (Lipinski definition) is 0. The number of ketones is 4. The van der Waals surface area contributed by atoms with Crippen LogP contribution in [-0.2, 0) is 38.4 Å². The van der Waals surface area contributed by atoms with E-state index in [-0.39, 0.29) is 70.7 Å². The molecule has 0 amide bonds. The maximum Gasteiger partial charge on any atom is 4.00 e. The summed E-state index contributed by atoms with van der Waals surface area (Å²) in [5.41, 5.74) is 0. The molecule has 0 aromatic heterocycles. The van der Waals surface area contributed by atoms with E-state index in [0.717, 1.165) is 154 Å². The van der Waals surface area contributed by atoms with E-state index in [0.29, 0.717) is 0 Å². The van der Waals surface area contributed by atoms with Gasteiger partial charge in [0.25, 0.3) is 0 Å². The fraction of sp³-hybridized carbons (Fsp3) is 0.833. The molecule has 0 atom stereocenters. The van der Waals surface area contributed by atoms with Crippen LogP contribution in [0.3, 0.4) is 0 Å². The van der Waals surface area contributed by atoms with Crippen molar-refractivity contribution >= 4 is 70.9 Å². The van der Waals surface area contributed by atoms with Gasteiger partial charge in [0.2, 0.25) is 0 Å². The van der Waals surface area contributed by atoms with Crippen LogP contribution in [0, 0.1) is 23.7 Å². The number of unbranched alkanes of at least 4 members (excludes halogenated alkanes) is 8. The third kappa shape index (κ3) is 46.7. The standard InChI is InChI=1S/4C12H22O3.Sn/c4*1-3-5-7-10(8-6-4-2)11(13)9-12(14)15;/h4*10H,3-9H2,1-2H3,(H,14,15);/q;;;;+4/p-4. The molecule has 12 nitrogen and oxygen atoms in total. The molecule has 0 heterocycles. The number of carbonyl (C=O) groups excluding carboxylic acids is 8. The Morgan fingerprint density at radius 3 is 0.475 bits per heavy atom. The first-order valence-corrected chi connectivity index (χ1v) is 23.4. The predicted molar refractivity (Wildman–Crippen MR) is 234 cm³/mol. The number of Topliss-reactive ketones (excluding diaryl/α,β-unsaturated/α-hetero) is 4. The summed E-state index contributed by atoms with van der Waals surface area (Å²) in [7, 11) is 0. The van der Waals surface area contributed by atoms with Gasteiger partial charge in [0, 0.05) is 73.2 Å². The second-order valence-electron chi connectivity index (χ2n) is 16.0. The van der Waals surface area contributed by atoms with Crippen LogP contribution in [0.5, 0.6) is 0 Å². The van der Waals surface area contributed by atoms with Crippen molar-refractivity contribution in [1.82, 2.24) is 0 Å². The molecule has 352 valence electrons. The molecule has 0 fully saturated rings. The molecule has 0 N–H and O–H groups in total. The summed E-state index contributed by atoms with van der Waals surface area (Å²) in [6.45, 7) is 16.6. The van der Waals surface area contributed by atoms with Crippen molar-refractivity contribution < 1.29 is 58.8 Å². The summed E-state index contributed by atoms with van der Waals surface area (Å²) in [5.74, 6) is -5.90. The Labute approximate surface area is 386 Å². The van der Waals surface area contributed by atoms with E-state index in [1.807, 2.05) is 0 Å². The summed E-state index contributed by atoms with van der Waals surface area (Å²) >= 11 is 0. The third-order valence-electron chi connectivity index (χ3n) is 10.3. The van der Waals surface area contributed by atoms with Gasteiger partial charge in [-0.1, -0.05) is 158 Å². The van der Waals surface area contributed by atoms with Crippen LogP contribution >= 0.6 is 0 Å². The molecule has 0 unspecified atom stereocenters. The zero-order valence-electron chi connectivity index (χ0n) is 39.5. The number of carboxylic acid groups (broad SMARTS) is 4. The molecule has 0 aliphatic rings. The van der Waals surface area contributed by atoms with Crippen LogP contribution in [0.4, 0.5) is 0 Å². The molecule has 0 saturated heterocycles. The monoisotopic (exact) mass is 972 g/mol. The van der Waals surface area contributed by atoms with Crippen LogP contribution in [0.25, 0.3) is 0 Å². The number of aliphatic carboxylic acids is 4. The van der Waals surface area contributed by atoms with Crippen molar-refractivity contribution in [2.75, 3.05) is 0 Å². The fourth-order valence-electron chi connectivity index (χ4n) is 6.62. The minimum absolute atomic E-state index is 0. The Morgan fingerprint density at radius 2 is 0.393 bits per heavy atom. The van der Waals surface area contributed by atoms with Gasteiger partial charge >= 0.3 is 23.9 Å². The molecule has 0 aliphatic heterocycles. The first kappa shape index (κ1) is 67.4. The summed E-state index contributed by atoms with van der Waals surface area (Å²) in [6, 6.07) is 0. The minimum atomic E-state index is -1.25. The molecule has 0 rings (SSSR count). The van der Waals surface area contributed by atoms with E-state index in [9.17, 15) is 58.8 Å². The Kier molecular flexibility index (Phi) is 53.5. The average molecular weight is 972 g/mol. The molecule has 0 radical (unpaired) electrons.